The first-order chi connectivity index (χ1) is 14.0. The smallest absolute Gasteiger partial charge is 0.246 e. The number of benzene rings is 2. The average Bonchev–Trinajstić information content (AvgIpc) is 3.27. The number of ether oxygens (including phenoxy) is 1. The van der Waals surface area contributed by atoms with Crippen LogP contribution in [0.3, 0.4) is 0 Å². The Morgan fingerprint density at radius 2 is 1.90 bits per heavy atom. The Bertz CT molecular complexity index is 1200. The third kappa shape index (κ3) is 3.61. The Kier molecular flexibility index (Phi) is 4.84. The Hall–Kier alpha value is -3.55. The van der Waals surface area contributed by atoms with Crippen LogP contribution in [-0.4, -0.2) is 27.5 Å². The van der Waals surface area contributed by atoms with Gasteiger partial charge in [-0.15, -0.1) is 5.10 Å². The van der Waals surface area contributed by atoms with Crippen molar-refractivity contribution in [1.29, 1.82) is 0 Å². The molecule has 2 heterocycles. The number of hydrogen-bond acceptors (Lipinski definition) is 5. The van der Waals surface area contributed by atoms with Gasteiger partial charge in [-0.1, -0.05) is 18.2 Å². The zero-order chi connectivity index (χ0) is 20.5. The predicted octanol–water partition coefficient (Wildman–Crippen LogP) is 3.94. The van der Waals surface area contributed by atoms with Crippen molar-refractivity contribution in [2.24, 2.45) is 0 Å². The van der Waals surface area contributed by atoms with Crippen LogP contribution in [0.4, 0.5) is 8.78 Å². The number of methoxy groups -OCH3 is 1. The molecule has 0 aliphatic heterocycles. The third-order valence-electron chi connectivity index (χ3n) is 4.59. The van der Waals surface area contributed by atoms with Crippen LogP contribution in [-0.2, 0) is 17.6 Å². The molecule has 2 aromatic carbocycles. The minimum absolute atomic E-state index is 0.101. The lowest BCUT2D eigenvalue weighted by Crippen LogP contribution is -2.09. The summed E-state index contributed by atoms with van der Waals surface area (Å²) in [5, 5.41) is 4.36. The van der Waals surface area contributed by atoms with E-state index >= 15 is 0 Å². The van der Waals surface area contributed by atoms with Gasteiger partial charge < -0.3 is 9.15 Å². The standard InChI is InChI=1S/C21H17F2N3O3/c1-12-24-11-18-26(12)25-21(29-18)14-5-3-13(4-6-14)9-16(27)10-15-7-8-17(22)20(28-2)19(15)23/h3-8,11H,9-10H2,1-2H3. The highest BCUT2D eigenvalue weighted by molar-refractivity contribution is 5.83. The molecular weight excluding hydrogens is 380 g/mol. The number of rotatable bonds is 6. The molecule has 0 atom stereocenters. The number of fused-ring (bicyclic) bond motifs is 1. The van der Waals surface area contributed by atoms with E-state index in [0.717, 1.165) is 23.0 Å². The first-order valence-corrected chi connectivity index (χ1v) is 8.89. The second kappa shape index (κ2) is 7.46. The van der Waals surface area contributed by atoms with E-state index in [9.17, 15) is 13.6 Å². The molecule has 0 amide bonds. The van der Waals surface area contributed by atoms with Crippen molar-refractivity contribution in [3.8, 4) is 17.2 Å². The van der Waals surface area contributed by atoms with E-state index in [-0.39, 0.29) is 24.2 Å². The number of imidazole rings is 1. The summed E-state index contributed by atoms with van der Waals surface area (Å²) in [6, 6.07) is 9.54. The molecule has 0 saturated heterocycles. The summed E-state index contributed by atoms with van der Waals surface area (Å²) in [5.41, 5.74) is 2.18. The number of carbonyl (C=O) groups excluding carboxylic acids is 1. The molecule has 0 radical (unpaired) electrons. The van der Waals surface area contributed by atoms with E-state index in [1.807, 2.05) is 6.92 Å². The molecule has 0 fully saturated rings. The van der Waals surface area contributed by atoms with Gasteiger partial charge in [0.1, 0.15) is 11.6 Å². The van der Waals surface area contributed by atoms with Crippen molar-refractivity contribution < 1.29 is 22.7 Å². The number of nitrogens with zero attached hydrogens (tertiary/aromatic N) is 3. The number of aryl methyl sites for hydroxylation is 1. The molecule has 4 rings (SSSR count). The summed E-state index contributed by atoms with van der Waals surface area (Å²) in [6.07, 6.45) is 1.57. The van der Waals surface area contributed by atoms with Crippen molar-refractivity contribution in [2.75, 3.05) is 7.11 Å². The normalized spacial score (nSPS) is 11.2. The van der Waals surface area contributed by atoms with Crippen LogP contribution >= 0.6 is 0 Å². The topological polar surface area (TPSA) is 69.6 Å². The van der Waals surface area contributed by atoms with Gasteiger partial charge in [0.2, 0.25) is 11.6 Å². The van der Waals surface area contributed by atoms with E-state index in [2.05, 4.69) is 10.1 Å². The van der Waals surface area contributed by atoms with Gasteiger partial charge in [0.15, 0.2) is 17.4 Å². The van der Waals surface area contributed by atoms with E-state index in [1.54, 1.807) is 35.0 Å². The van der Waals surface area contributed by atoms with Crippen LogP contribution < -0.4 is 4.74 Å². The van der Waals surface area contributed by atoms with E-state index in [0.29, 0.717) is 11.6 Å². The lowest BCUT2D eigenvalue weighted by Gasteiger charge is -2.08. The fraction of sp³-hybridized carbons (Fsp3) is 0.190. The molecule has 0 N–H and O–H groups in total. The lowest BCUT2D eigenvalue weighted by atomic mass is 10.0. The molecule has 8 heteroatoms. The minimum atomic E-state index is -0.846. The van der Waals surface area contributed by atoms with Crippen LogP contribution in [0.1, 0.15) is 17.0 Å². The van der Waals surface area contributed by atoms with Crippen LogP contribution in [0.25, 0.3) is 17.2 Å². The maximum absolute atomic E-state index is 14.2. The maximum atomic E-state index is 14.2. The molecule has 0 unspecified atom stereocenters. The quantitative estimate of drug-likeness (QED) is 0.493. The number of hydrogen-bond donors (Lipinski definition) is 0. The first-order valence-electron chi connectivity index (χ1n) is 8.89. The molecule has 0 aliphatic rings. The van der Waals surface area contributed by atoms with Gasteiger partial charge in [-0.2, -0.15) is 4.52 Å². The maximum Gasteiger partial charge on any atom is 0.246 e. The average molecular weight is 397 g/mol. The number of ketones is 1. The fourth-order valence-electron chi connectivity index (χ4n) is 3.10. The highest BCUT2D eigenvalue weighted by Crippen LogP contribution is 2.25. The third-order valence-corrected chi connectivity index (χ3v) is 4.59. The summed E-state index contributed by atoms with van der Waals surface area (Å²) < 4.78 is 39.7. The van der Waals surface area contributed by atoms with Gasteiger partial charge in [-0.05, 0) is 36.2 Å². The van der Waals surface area contributed by atoms with Gasteiger partial charge >= 0.3 is 0 Å². The fourth-order valence-corrected chi connectivity index (χ4v) is 3.10. The zero-order valence-electron chi connectivity index (χ0n) is 15.8. The van der Waals surface area contributed by atoms with Crippen molar-refractivity contribution >= 4 is 11.5 Å². The van der Waals surface area contributed by atoms with Crippen LogP contribution in [0.15, 0.2) is 47.0 Å². The molecular formula is C21H17F2N3O3. The highest BCUT2D eigenvalue weighted by atomic mass is 19.1. The van der Waals surface area contributed by atoms with Crippen molar-refractivity contribution in [3.63, 3.8) is 0 Å². The number of aromatic nitrogens is 3. The highest BCUT2D eigenvalue weighted by Gasteiger charge is 2.17. The second-order valence-electron chi connectivity index (χ2n) is 6.61. The summed E-state index contributed by atoms with van der Waals surface area (Å²) >= 11 is 0. The molecule has 4 aromatic rings. The molecule has 29 heavy (non-hydrogen) atoms. The molecule has 2 aromatic heterocycles. The van der Waals surface area contributed by atoms with Crippen LogP contribution in [0.2, 0.25) is 0 Å². The van der Waals surface area contributed by atoms with Gasteiger partial charge in [-0.3, -0.25) is 4.79 Å². The lowest BCUT2D eigenvalue weighted by molar-refractivity contribution is -0.117. The Morgan fingerprint density at radius 3 is 2.59 bits per heavy atom. The van der Waals surface area contributed by atoms with E-state index < -0.39 is 17.4 Å². The summed E-state index contributed by atoms with van der Waals surface area (Å²) in [5.74, 6) is -1.15. The molecule has 0 spiro atoms. The van der Waals surface area contributed by atoms with Crippen molar-refractivity contribution in [1.82, 2.24) is 14.6 Å². The Balaban J connectivity index is 1.46. The Labute approximate surface area is 164 Å². The van der Waals surface area contributed by atoms with Gasteiger partial charge in [0.05, 0.1) is 13.3 Å². The first kappa shape index (κ1) is 18.8. The molecule has 6 nitrogen and oxygen atoms in total. The summed E-state index contributed by atoms with van der Waals surface area (Å²) in [4.78, 5) is 16.5. The molecule has 0 saturated carbocycles. The van der Waals surface area contributed by atoms with Gasteiger partial charge in [0, 0.05) is 18.4 Å². The van der Waals surface area contributed by atoms with E-state index in [4.69, 9.17) is 9.15 Å². The van der Waals surface area contributed by atoms with Gasteiger partial charge in [-0.25, -0.2) is 13.8 Å². The number of halogens is 2. The van der Waals surface area contributed by atoms with Crippen molar-refractivity contribution in [2.45, 2.75) is 19.8 Å². The molecule has 148 valence electrons. The largest absolute Gasteiger partial charge is 0.491 e. The van der Waals surface area contributed by atoms with E-state index in [1.165, 1.54) is 13.2 Å². The predicted molar refractivity (Wildman–Crippen MR) is 101 cm³/mol. The SMILES string of the molecule is COc1c(F)ccc(CC(=O)Cc2ccc(-c3nn4c(C)ncc4o3)cc2)c1F. The Morgan fingerprint density at radius 1 is 1.14 bits per heavy atom. The zero-order valence-corrected chi connectivity index (χ0v) is 15.8. The van der Waals surface area contributed by atoms with Gasteiger partial charge in [0.25, 0.3) is 0 Å². The van der Waals surface area contributed by atoms with Crippen LogP contribution in [0.5, 0.6) is 5.75 Å². The molecule has 0 aliphatic carbocycles. The second-order valence-corrected chi connectivity index (χ2v) is 6.61. The molecule has 0 bridgehead atoms. The monoisotopic (exact) mass is 397 g/mol. The number of carbonyl (C=O) groups is 1. The van der Waals surface area contributed by atoms with Crippen LogP contribution in [0, 0.1) is 18.6 Å². The number of Topliss-reactive ketones (excluding diaryl/α,β-unsaturated/α-hetero) is 1. The van der Waals surface area contributed by atoms with Crippen molar-refractivity contribution in [3.05, 3.63) is 71.2 Å². The summed E-state index contributed by atoms with van der Waals surface area (Å²) in [6.45, 7) is 1.83. The summed E-state index contributed by atoms with van der Waals surface area (Å²) in [7, 11) is 1.18. The minimum Gasteiger partial charge on any atom is -0.491 e.